The van der Waals surface area contributed by atoms with Crippen molar-refractivity contribution in [2.75, 3.05) is 32.0 Å². The van der Waals surface area contributed by atoms with Crippen molar-refractivity contribution in [3.8, 4) is 0 Å². The molecule has 1 aliphatic heterocycles. The Morgan fingerprint density at radius 3 is 2.61 bits per heavy atom. The number of hydrogen-bond donors (Lipinski definition) is 1. The van der Waals surface area contributed by atoms with E-state index in [0.29, 0.717) is 10.7 Å². The molecule has 1 atom stereocenters. The van der Waals surface area contributed by atoms with E-state index in [0.717, 1.165) is 32.5 Å². The number of benzene rings is 2. The van der Waals surface area contributed by atoms with E-state index in [9.17, 15) is 9.59 Å². The third-order valence-electron chi connectivity index (χ3n) is 5.01. The fraction of sp³-hybridized carbons (Fsp3) is 0.364. The Morgan fingerprint density at radius 2 is 1.86 bits per heavy atom. The van der Waals surface area contributed by atoms with Crippen LogP contribution < -0.4 is 5.32 Å². The van der Waals surface area contributed by atoms with Crippen molar-refractivity contribution in [3.05, 3.63) is 65.2 Å². The van der Waals surface area contributed by atoms with Crippen molar-refractivity contribution in [1.82, 2.24) is 9.80 Å². The molecule has 0 aromatic heterocycles. The molecule has 0 spiro atoms. The summed E-state index contributed by atoms with van der Waals surface area (Å²) in [6.07, 6.45) is 1.85. The largest absolute Gasteiger partial charge is 0.336 e. The van der Waals surface area contributed by atoms with Crippen LogP contribution in [0.1, 0.15) is 18.4 Å². The van der Waals surface area contributed by atoms with Gasteiger partial charge in [-0.25, -0.2) is 0 Å². The molecule has 1 heterocycles. The Kier molecular flexibility index (Phi) is 7.06. The standard InChI is InChI=1S/C22H26ClN3O2/c1-25(16-21(27)24-20-12-6-5-11-19(20)23)22(28)18-10-7-13-26(15-18)14-17-8-3-2-4-9-17/h2-6,8-9,11-12,18H,7,10,13-16H2,1H3,(H,24,27). The van der Waals surface area contributed by atoms with E-state index in [1.54, 1.807) is 31.3 Å². The molecule has 2 aromatic carbocycles. The number of nitrogens with zero attached hydrogens (tertiary/aromatic N) is 2. The van der Waals surface area contributed by atoms with E-state index >= 15 is 0 Å². The van der Waals surface area contributed by atoms with Gasteiger partial charge in [0.05, 0.1) is 23.2 Å². The predicted molar refractivity (Wildman–Crippen MR) is 112 cm³/mol. The monoisotopic (exact) mass is 399 g/mol. The van der Waals surface area contributed by atoms with E-state index in [4.69, 9.17) is 11.6 Å². The molecule has 1 fully saturated rings. The Bertz CT molecular complexity index is 812. The minimum atomic E-state index is -0.249. The zero-order chi connectivity index (χ0) is 19.9. The fourth-order valence-corrected chi connectivity index (χ4v) is 3.78. The minimum Gasteiger partial charge on any atom is -0.336 e. The van der Waals surface area contributed by atoms with Crippen LogP contribution in [0.2, 0.25) is 5.02 Å². The molecule has 2 amide bonds. The number of carbonyl (C=O) groups is 2. The zero-order valence-corrected chi connectivity index (χ0v) is 16.9. The van der Waals surface area contributed by atoms with Crippen molar-refractivity contribution in [3.63, 3.8) is 0 Å². The van der Waals surface area contributed by atoms with Crippen molar-refractivity contribution in [2.24, 2.45) is 5.92 Å². The van der Waals surface area contributed by atoms with Gasteiger partial charge in [-0.1, -0.05) is 54.1 Å². The molecular weight excluding hydrogens is 374 g/mol. The number of para-hydroxylation sites is 1. The Morgan fingerprint density at radius 1 is 1.14 bits per heavy atom. The number of likely N-dealkylation sites (N-methyl/N-ethyl adjacent to an activating group) is 1. The number of rotatable bonds is 6. The number of halogens is 1. The lowest BCUT2D eigenvalue weighted by Crippen LogP contribution is -2.45. The number of piperidine rings is 1. The summed E-state index contributed by atoms with van der Waals surface area (Å²) in [6, 6.07) is 17.4. The van der Waals surface area contributed by atoms with Crippen molar-refractivity contribution < 1.29 is 9.59 Å². The van der Waals surface area contributed by atoms with Crippen LogP contribution >= 0.6 is 11.6 Å². The van der Waals surface area contributed by atoms with Gasteiger partial charge in [-0.2, -0.15) is 0 Å². The lowest BCUT2D eigenvalue weighted by atomic mass is 9.96. The quantitative estimate of drug-likeness (QED) is 0.806. The molecular formula is C22H26ClN3O2. The highest BCUT2D eigenvalue weighted by Crippen LogP contribution is 2.22. The summed E-state index contributed by atoms with van der Waals surface area (Å²) in [5, 5.41) is 3.25. The first-order valence-corrected chi connectivity index (χ1v) is 9.96. The molecule has 148 valence electrons. The Hall–Kier alpha value is -2.37. The van der Waals surface area contributed by atoms with Crippen LogP contribution in [0.4, 0.5) is 5.69 Å². The number of carbonyl (C=O) groups excluding carboxylic acids is 2. The molecule has 0 bridgehead atoms. The predicted octanol–water partition coefficient (Wildman–Crippen LogP) is 3.65. The van der Waals surface area contributed by atoms with Gasteiger partial charge in [0.2, 0.25) is 11.8 Å². The number of anilines is 1. The SMILES string of the molecule is CN(CC(=O)Nc1ccccc1Cl)C(=O)C1CCCN(Cc2ccccc2)C1. The van der Waals surface area contributed by atoms with Gasteiger partial charge in [-0.05, 0) is 37.1 Å². The van der Waals surface area contributed by atoms with E-state index in [2.05, 4.69) is 22.3 Å². The van der Waals surface area contributed by atoms with Gasteiger partial charge in [-0.3, -0.25) is 14.5 Å². The Balaban J connectivity index is 1.52. The molecule has 1 saturated heterocycles. The van der Waals surface area contributed by atoms with E-state index in [-0.39, 0.29) is 24.3 Å². The van der Waals surface area contributed by atoms with Gasteiger partial charge in [0.1, 0.15) is 0 Å². The van der Waals surface area contributed by atoms with E-state index < -0.39 is 0 Å². The molecule has 28 heavy (non-hydrogen) atoms. The highest BCUT2D eigenvalue weighted by molar-refractivity contribution is 6.33. The van der Waals surface area contributed by atoms with Gasteiger partial charge < -0.3 is 10.2 Å². The summed E-state index contributed by atoms with van der Waals surface area (Å²) < 4.78 is 0. The molecule has 0 saturated carbocycles. The summed E-state index contributed by atoms with van der Waals surface area (Å²) >= 11 is 6.07. The van der Waals surface area contributed by atoms with E-state index in [1.807, 2.05) is 18.2 Å². The molecule has 1 unspecified atom stereocenters. The van der Waals surface area contributed by atoms with Crippen LogP contribution in [0.5, 0.6) is 0 Å². The lowest BCUT2D eigenvalue weighted by Gasteiger charge is -2.33. The van der Waals surface area contributed by atoms with Gasteiger partial charge in [0.25, 0.3) is 0 Å². The maximum atomic E-state index is 12.8. The average Bonchev–Trinajstić information content (AvgIpc) is 2.70. The molecule has 0 aliphatic carbocycles. The average molecular weight is 400 g/mol. The summed E-state index contributed by atoms with van der Waals surface area (Å²) in [5.74, 6) is -0.302. The second-order valence-corrected chi connectivity index (χ2v) is 7.69. The maximum absolute atomic E-state index is 12.8. The molecule has 1 aliphatic rings. The van der Waals surface area contributed by atoms with Crippen LogP contribution in [0.15, 0.2) is 54.6 Å². The minimum absolute atomic E-state index is 0.0131. The second kappa shape index (κ2) is 9.71. The van der Waals surface area contributed by atoms with Gasteiger partial charge in [-0.15, -0.1) is 0 Å². The van der Waals surface area contributed by atoms with Crippen LogP contribution in [-0.4, -0.2) is 48.3 Å². The van der Waals surface area contributed by atoms with Gasteiger partial charge in [0, 0.05) is 20.1 Å². The second-order valence-electron chi connectivity index (χ2n) is 7.28. The maximum Gasteiger partial charge on any atom is 0.244 e. The lowest BCUT2D eigenvalue weighted by molar-refractivity contribution is -0.138. The molecule has 1 N–H and O–H groups in total. The first kappa shape index (κ1) is 20.4. The highest BCUT2D eigenvalue weighted by atomic mass is 35.5. The first-order chi connectivity index (χ1) is 13.5. The van der Waals surface area contributed by atoms with Crippen LogP contribution in [0, 0.1) is 5.92 Å². The number of nitrogens with one attached hydrogen (secondary N) is 1. The molecule has 2 aromatic rings. The van der Waals surface area contributed by atoms with Crippen LogP contribution in [0.25, 0.3) is 0 Å². The van der Waals surface area contributed by atoms with E-state index in [1.165, 1.54) is 10.5 Å². The normalized spacial score (nSPS) is 17.1. The number of likely N-dealkylation sites (tertiary alicyclic amines) is 1. The third-order valence-corrected chi connectivity index (χ3v) is 5.34. The molecule has 6 heteroatoms. The van der Waals surface area contributed by atoms with Crippen molar-refractivity contribution >= 4 is 29.1 Å². The van der Waals surface area contributed by atoms with Crippen LogP contribution in [0.3, 0.4) is 0 Å². The summed E-state index contributed by atoms with van der Waals surface area (Å²) in [4.78, 5) is 29.0. The van der Waals surface area contributed by atoms with Gasteiger partial charge in [0.15, 0.2) is 0 Å². The highest BCUT2D eigenvalue weighted by Gasteiger charge is 2.28. The summed E-state index contributed by atoms with van der Waals surface area (Å²) in [5.41, 5.74) is 1.81. The summed E-state index contributed by atoms with van der Waals surface area (Å²) in [6.45, 7) is 2.58. The molecule has 5 nitrogen and oxygen atoms in total. The Labute approximate surface area is 171 Å². The topological polar surface area (TPSA) is 52.7 Å². The van der Waals surface area contributed by atoms with Crippen molar-refractivity contribution in [2.45, 2.75) is 19.4 Å². The zero-order valence-electron chi connectivity index (χ0n) is 16.1. The summed E-state index contributed by atoms with van der Waals surface area (Å²) in [7, 11) is 1.69. The molecule has 0 radical (unpaired) electrons. The van der Waals surface area contributed by atoms with Crippen molar-refractivity contribution in [1.29, 1.82) is 0 Å². The number of hydrogen-bond acceptors (Lipinski definition) is 3. The van der Waals surface area contributed by atoms with Crippen LogP contribution in [-0.2, 0) is 16.1 Å². The number of amides is 2. The smallest absolute Gasteiger partial charge is 0.244 e. The molecule has 3 rings (SSSR count). The first-order valence-electron chi connectivity index (χ1n) is 9.58. The fourth-order valence-electron chi connectivity index (χ4n) is 3.60. The van der Waals surface area contributed by atoms with Gasteiger partial charge >= 0.3 is 0 Å². The third kappa shape index (κ3) is 5.57.